The molecule has 0 heterocycles. The van der Waals surface area contributed by atoms with E-state index in [1.165, 1.54) is 0 Å². The van der Waals surface area contributed by atoms with Crippen molar-refractivity contribution in [3.63, 3.8) is 0 Å². The van der Waals surface area contributed by atoms with E-state index in [0.717, 1.165) is 50.5 Å². The molecule has 5 aliphatic rings. The lowest BCUT2D eigenvalue weighted by Gasteiger charge is -2.72. The molecule has 4 fully saturated rings. The van der Waals surface area contributed by atoms with Crippen LogP contribution in [0.1, 0.15) is 106 Å². The summed E-state index contributed by atoms with van der Waals surface area (Å²) >= 11 is 0. The Hall–Kier alpha value is -1.37. The first kappa shape index (κ1) is 29.1. The molecule has 4 nitrogen and oxygen atoms in total. The Kier molecular flexibility index (Phi) is 6.59. The van der Waals surface area contributed by atoms with Crippen molar-refractivity contribution in [2.45, 2.75) is 119 Å². The maximum Gasteiger partial charge on any atom is 0.405 e. The summed E-state index contributed by atoms with van der Waals surface area (Å²) in [6, 6.07) is 0. The van der Waals surface area contributed by atoms with E-state index < -0.39 is 24.0 Å². The van der Waals surface area contributed by atoms with Crippen molar-refractivity contribution in [3.8, 4) is 0 Å². The van der Waals surface area contributed by atoms with Gasteiger partial charge in [-0.25, -0.2) is 0 Å². The van der Waals surface area contributed by atoms with Crippen molar-refractivity contribution in [3.05, 3.63) is 11.1 Å². The normalized spacial score (nSPS) is 45.4. The van der Waals surface area contributed by atoms with Gasteiger partial charge in [0.2, 0.25) is 5.91 Å². The number of Topliss-reactive ketones (excluding diaryl/α,β-unsaturated/α-hetero) is 1. The Balaban J connectivity index is 1.57. The molecular weight excluding hydrogens is 503 g/mol. The van der Waals surface area contributed by atoms with Gasteiger partial charge in [-0.05, 0) is 108 Å². The monoisotopic (exact) mass is 551 g/mol. The SMILES string of the molecule is CC(C)C1=C2C3CCC4[C@@]5(C)CC[C@H](O)C(C)(C)C5CC[C@@]4(C)[C@]3(C)CC[C@@]2(C(=O)NCC(F)(F)F)CC1=O. The molecule has 0 aromatic carbocycles. The topological polar surface area (TPSA) is 66.4 Å². The van der Waals surface area contributed by atoms with Crippen LogP contribution in [0.2, 0.25) is 0 Å². The molecule has 0 radical (unpaired) electrons. The van der Waals surface area contributed by atoms with Crippen LogP contribution in [-0.4, -0.2) is 35.6 Å². The van der Waals surface area contributed by atoms with Gasteiger partial charge in [0.15, 0.2) is 5.78 Å². The number of hydrogen-bond acceptors (Lipinski definition) is 3. The molecule has 0 aromatic rings. The Morgan fingerprint density at radius 3 is 2.23 bits per heavy atom. The molecule has 0 aromatic heterocycles. The van der Waals surface area contributed by atoms with Gasteiger partial charge < -0.3 is 10.4 Å². The number of carbonyl (C=O) groups excluding carboxylic acids is 2. The van der Waals surface area contributed by atoms with Gasteiger partial charge in [0, 0.05) is 6.42 Å². The van der Waals surface area contributed by atoms with Crippen molar-refractivity contribution >= 4 is 11.7 Å². The largest absolute Gasteiger partial charge is 0.405 e. The molecule has 1 amide bonds. The lowest BCUT2D eigenvalue weighted by molar-refractivity contribution is -0.228. The van der Waals surface area contributed by atoms with Crippen LogP contribution < -0.4 is 5.32 Å². The molecule has 0 aliphatic heterocycles. The van der Waals surface area contributed by atoms with Crippen LogP contribution in [0.5, 0.6) is 0 Å². The number of fused-ring (bicyclic) bond motifs is 7. The zero-order chi connectivity index (χ0) is 29.0. The van der Waals surface area contributed by atoms with E-state index in [-0.39, 0.29) is 51.8 Å². The molecule has 4 saturated carbocycles. The number of nitrogens with one attached hydrogen (secondary N) is 1. The molecule has 2 N–H and O–H groups in total. The molecule has 5 aliphatic carbocycles. The third-order valence-corrected chi connectivity index (χ3v) is 13.3. The van der Waals surface area contributed by atoms with Crippen LogP contribution in [0.25, 0.3) is 0 Å². The summed E-state index contributed by atoms with van der Waals surface area (Å²) in [5, 5.41) is 13.1. The molecule has 39 heavy (non-hydrogen) atoms. The molecule has 3 unspecified atom stereocenters. The zero-order valence-corrected chi connectivity index (χ0v) is 24.9. The Bertz CT molecular complexity index is 1090. The minimum Gasteiger partial charge on any atom is -0.393 e. The number of amides is 1. The fourth-order valence-electron chi connectivity index (χ4n) is 11.2. The second-order valence-corrected chi connectivity index (χ2v) is 15.5. The first-order valence-electron chi connectivity index (χ1n) is 15.2. The highest BCUT2D eigenvalue weighted by Gasteiger charge is 2.70. The summed E-state index contributed by atoms with van der Waals surface area (Å²) in [7, 11) is 0. The number of ketones is 1. The first-order valence-corrected chi connectivity index (χ1v) is 15.2. The van der Waals surface area contributed by atoms with Gasteiger partial charge in [-0.2, -0.15) is 13.2 Å². The average molecular weight is 552 g/mol. The highest BCUT2D eigenvalue weighted by molar-refractivity contribution is 6.06. The van der Waals surface area contributed by atoms with Gasteiger partial charge in [-0.1, -0.05) is 48.5 Å². The number of allylic oxidation sites excluding steroid dienone is 1. The fraction of sp³-hybridized carbons (Fsp3) is 0.875. The number of aliphatic hydroxyl groups is 1. The standard InChI is InChI=1S/C32H48F3NO3/c1-18(2)24-20(37)16-31(26(39)36-17-32(33,34)35)15-14-29(6)19(25(24)31)8-9-22-28(5)12-11-23(38)27(3,4)21(28)10-13-30(22,29)7/h18-19,21-23,38H,8-17H2,1-7H3,(H,36,39)/t19?,21?,22?,23-,28-,29+,30+,31+/m0/s1. The van der Waals surface area contributed by atoms with Crippen molar-refractivity contribution < 1.29 is 27.9 Å². The second-order valence-electron chi connectivity index (χ2n) is 15.5. The average Bonchev–Trinajstić information content (AvgIpc) is 3.13. The third kappa shape index (κ3) is 3.86. The molecule has 8 atom stereocenters. The number of carbonyl (C=O) groups is 2. The molecule has 7 heteroatoms. The van der Waals surface area contributed by atoms with Crippen LogP contribution in [0, 0.1) is 50.7 Å². The Morgan fingerprint density at radius 1 is 0.949 bits per heavy atom. The van der Waals surface area contributed by atoms with Gasteiger partial charge in [-0.15, -0.1) is 0 Å². The van der Waals surface area contributed by atoms with Crippen LogP contribution in [-0.2, 0) is 9.59 Å². The van der Waals surface area contributed by atoms with E-state index in [9.17, 15) is 27.9 Å². The summed E-state index contributed by atoms with van der Waals surface area (Å²) < 4.78 is 39.3. The van der Waals surface area contributed by atoms with Gasteiger partial charge in [0.1, 0.15) is 6.54 Å². The van der Waals surface area contributed by atoms with Crippen molar-refractivity contribution in [1.29, 1.82) is 0 Å². The van der Waals surface area contributed by atoms with E-state index in [1.54, 1.807) is 0 Å². The van der Waals surface area contributed by atoms with E-state index >= 15 is 0 Å². The smallest absolute Gasteiger partial charge is 0.393 e. The summed E-state index contributed by atoms with van der Waals surface area (Å²) in [6.07, 6.45) is 2.11. The maximum atomic E-state index is 13.6. The predicted octanol–water partition coefficient (Wildman–Crippen LogP) is 7.01. The van der Waals surface area contributed by atoms with E-state index in [1.807, 2.05) is 13.8 Å². The van der Waals surface area contributed by atoms with Crippen molar-refractivity contribution in [2.24, 2.45) is 50.7 Å². The highest BCUT2D eigenvalue weighted by atomic mass is 19.4. The summed E-state index contributed by atoms with van der Waals surface area (Å²) in [5.74, 6) is 0.149. The molecule has 0 bridgehead atoms. The summed E-state index contributed by atoms with van der Waals surface area (Å²) in [5.41, 5.74) is 0.207. The van der Waals surface area contributed by atoms with Gasteiger partial charge in [0.05, 0.1) is 11.5 Å². The van der Waals surface area contributed by atoms with Crippen molar-refractivity contribution in [2.75, 3.05) is 6.54 Å². The molecule has 0 saturated heterocycles. The minimum atomic E-state index is -4.50. The second kappa shape index (κ2) is 8.82. The zero-order valence-electron chi connectivity index (χ0n) is 24.9. The molecular formula is C32H48F3NO3. The van der Waals surface area contributed by atoms with Gasteiger partial charge >= 0.3 is 6.18 Å². The van der Waals surface area contributed by atoms with E-state index in [4.69, 9.17) is 0 Å². The number of rotatable bonds is 3. The van der Waals surface area contributed by atoms with Gasteiger partial charge in [-0.3, -0.25) is 9.59 Å². The summed E-state index contributed by atoms with van der Waals surface area (Å²) in [6.45, 7) is 14.3. The van der Waals surface area contributed by atoms with Crippen LogP contribution in [0.4, 0.5) is 13.2 Å². The first-order chi connectivity index (χ1) is 17.9. The van der Waals surface area contributed by atoms with Gasteiger partial charge in [0.25, 0.3) is 0 Å². The van der Waals surface area contributed by atoms with E-state index in [2.05, 4.69) is 39.9 Å². The molecule has 220 valence electrons. The lowest BCUT2D eigenvalue weighted by Crippen LogP contribution is -2.66. The fourth-order valence-corrected chi connectivity index (χ4v) is 11.2. The quantitative estimate of drug-likeness (QED) is 0.397. The highest BCUT2D eigenvalue weighted by Crippen LogP contribution is 2.76. The minimum absolute atomic E-state index is 0.00186. The summed E-state index contributed by atoms with van der Waals surface area (Å²) in [4.78, 5) is 27.1. The number of hydrogen-bond donors (Lipinski definition) is 2. The maximum absolute atomic E-state index is 13.6. The third-order valence-electron chi connectivity index (χ3n) is 13.3. The van der Waals surface area contributed by atoms with Crippen LogP contribution in [0.15, 0.2) is 11.1 Å². The lowest BCUT2D eigenvalue weighted by atomic mass is 9.33. The van der Waals surface area contributed by atoms with E-state index in [0.29, 0.717) is 23.8 Å². The molecule has 5 rings (SSSR count). The van der Waals surface area contributed by atoms with Crippen LogP contribution in [0.3, 0.4) is 0 Å². The number of aliphatic hydroxyl groups excluding tert-OH is 1. The van der Waals surface area contributed by atoms with Crippen LogP contribution >= 0.6 is 0 Å². The Morgan fingerprint density at radius 2 is 1.62 bits per heavy atom. The Labute approximate surface area is 231 Å². The van der Waals surface area contributed by atoms with Crippen molar-refractivity contribution in [1.82, 2.24) is 5.32 Å². The number of halogens is 3. The predicted molar refractivity (Wildman–Crippen MR) is 145 cm³/mol. The number of alkyl halides is 3. The molecule has 0 spiro atoms.